The van der Waals surface area contributed by atoms with E-state index in [1.807, 2.05) is 0 Å². The number of hydrogen-bond acceptors (Lipinski definition) is 5. The van der Waals surface area contributed by atoms with E-state index < -0.39 is 74.8 Å². The number of amidine groups is 1. The van der Waals surface area contributed by atoms with Crippen LogP contribution in [0.2, 0.25) is 10.0 Å². The van der Waals surface area contributed by atoms with Crippen LogP contribution >= 0.6 is 23.2 Å². The van der Waals surface area contributed by atoms with Crippen LogP contribution in [0.1, 0.15) is 25.8 Å². The van der Waals surface area contributed by atoms with Gasteiger partial charge in [0.1, 0.15) is 5.82 Å². The van der Waals surface area contributed by atoms with Gasteiger partial charge in [0, 0.05) is 6.42 Å². The van der Waals surface area contributed by atoms with Crippen molar-refractivity contribution < 1.29 is 44.3 Å². The van der Waals surface area contributed by atoms with Crippen LogP contribution in [0.15, 0.2) is 33.5 Å². The lowest BCUT2D eigenvalue weighted by molar-refractivity contribution is -0.137. The van der Waals surface area contributed by atoms with Crippen molar-refractivity contribution in [2.45, 2.75) is 45.0 Å². The van der Waals surface area contributed by atoms with E-state index in [-0.39, 0.29) is 12.3 Å². The SMILES string of the molecule is CC(C)CC(=O)NC1=C2C(C(F)(F)F)=NC(C(F)(F)F)=NC2NN1c1c(Cl)cc(C(F)(F)F)cc1Cl. The van der Waals surface area contributed by atoms with E-state index in [0.29, 0.717) is 17.1 Å². The highest BCUT2D eigenvalue weighted by Gasteiger charge is 2.52. The molecule has 17 heteroatoms. The smallest absolute Gasteiger partial charge is 0.311 e. The molecule has 0 aromatic heterocycles. The van der Waals surface area contributed by atoms with Gasteiger partial charge in [-0.1, -0.05) is 37.0 Å². The van der Waals surface area contributed by atoms with Gasteiger partial charge >= 0.3 is 18.5 Å². The predicted molar refractivity (Wildman–Crippen MR) is 112 cm³/mol. The molecule has 1 amide bonds. The molecule has 2 heterocycles. The number of hydrazine groups is 1. The summed E-state index contributed by atoms with van der Waals surface area (Å²) in [6.45, 7) is 3.22. The number of anilines is 1. The summed E-state index contributed by atoms with van der Waals surface area (Å²) in [6.07, 6.45) is -18.0. The monoisotopic (exact) mass is 569 g/mol. The van der Waals surface area contributed by atoms with Crippen LogP contribution in [-0.2, 0) is 11.0 Å². The topological polar surface area (TPSA) is 69.1 Å². The van der Waals surface area contributed by atoms with Crippen molar-refractivity contribution >= 4 is 46.3 Å². The van der Waals surface area contributed by atoms with Gasteiger partial charge in [-0.2, -0.15) is 44.9 Å². The lowest BCUT2D eigenvalue weighted by Crippen LogP contribution is -2.43. The Morgan fingerprint density at radius 3 is 2.03 bits per heavy atom. The van der Waals surface area contributed by atoms with E-state index in [1.165, 1.54) is 0 Å². The average molecular weight is 570 g/mol. The normalized spacial score (nSPS) is 18.9. The van der Waals surface area contributed by atoms with Crippen LogP contribution in [0.4, 0.5) is 45.2 Å². The van der Waals surface area contributed by atoms with E-state index in [2.05, 4.69) is 20.7 Å². The van der Waals surface area contributed by atoms with Crippen molar-refractivity contribution in [2.75, 3.05) is 5.01 Å². The molecule has 198 valence electrons. The molecule has 1 atom stereocenters. The summed E-state index contributed by atoms with van der Waals surface area (Å²) < 4.78 is 121. The number of nitrogens with one attached hydrogen (secondary N) is 2. The van der Waals surface area contributed by atoms with Crippen LogP contribution in [0.5, 0.6) is 0 Å². The first-order chi connectivity index (χ1) is 16.3. The first kappa shape index (κ1) is 28.1. The molecule has 0 spiro atoms. The molecule has 6 nitrogen and oxygen atoms in total. The third kappa shape index (κ3) is 5.72. The van der Waals surface area contributed by atoms with Crippen LogP contribution in [0, 0.1) is 5.92 Å². The van der Waals surface area contributed by atoms with E-state index in [0.717, 1.165) is 0 Å². The van der Waals surface area contributed by atoms with E-state index in [9.17, 15) is 44.3 Å². The summed E-state index contributed by atoms with van der Waals surface area (Å²) in [5, 5.41) is 1.23. The number of alkyl halides is 9. The molecule has 1 aromatic carbocycles. The number of benzene rings is 1. The number of rotatable bonds is 4. The summed E-state index contributed by atoms with van der Waals surface area (Å²) in [5.74, 6) is -4.05. The number of aliphatic imine (C=N–C) groups is 2. The van der Waals surface area contributed by atoms with Crippen LogP contribution in [0.3, 0.4) is 0 Å². The summed E-state index contributed by atoms with van der Waals surface area (Å²) in [5.41, 5.74) is -2.72. The highest BCUT2D eigenvalue weighted by Crippen LogP contribution is 2.44. The largest absolute Gasteiger partial charge is 0.451 e. The fourth-order valence-electron chi connectivity index (χ4n) is 3.30. The molecule has 0 fully saturated rings. The van der Waals surface area contributed by atoms with Gasteiger partial charge in [-0.3, -0.25) is 9.80 Å². The van der Waals surface area contributed by atoms with E-state index >= 15 is 0 Å². The van der Waals surface area contributed by atoms with Crippen LogP contribution in [-0.4, -0.2) is 36.0 Å². The number of hydrogen-bond donors (Lipinski definition) is 2. The van der Waals surface area contributed by atoms with Gasteiger partial charge in [-0.05, 0) is 18.1 Å². The van der Waals surface area contributed by atoms with Gasteiger partial charge in [-0.15, -0.1) is 0 Å². The second-order valence-corrected chi connectivity index (χ2v) is 8.78. The molecular weight excluding hydrogens is 556 g/mol. The lowest BCUT2D eigenvalue weighted by Gasteiger charge is -2.26. The van der Waals surface area contributed by atoms with Gasteiger partial charge in [0.2, 0.25) is 11.7 Å². The molecule has 0 aliphatic carbocycles. The van der Waals surface area contributed by atoms with Gasteiger partial charge in [0.05, 0.1) is 26.9 Å². The molecule has 2 aliphatic rings. The van der Waals surface area contributed by atoms with Crippen LogP contribution < -0.4 is 15.8 Å². The minimum absolute atomic E-state index is 0.223. The maximum Gasteiger partial charge on any atom is 0.451 e. The molecule has 0 bridgehead atoms. The van der Waals surface area contributed by atoms with Crippen molar-refractivity contribution in [1.29, 1.82) is 0 Å². The number of halogens is 11. The minimum atomic E-state index is -5.44. The Kier molecular flexibility index (Phi) is 7.34. The number of nitrogens with zero attached hydrogens (tertiary/aromatic N) is 3. The Morgan fingerprint density at radius 2 is 1.58 bits per heavy atom. The first-order valence-electron chi connectivity index (χ1n) is 9.78. The number of carbonyl (C=O) groups is 1. The fourth-order valence-corrected chi connectivity index (χ4v) is 3.96. The zero-order valence-corrected chi connectivity index (χ0v) is 19.4. The summed E-state index contributed by atoms with van der Waals surface area (Å²) in [4.78, 5) is 18.2. The lowest BCUT2D eigenvalue weighted by atomic mass is 10.1. The number of amides is 1. The Hall–Kier alpha value is -2.52. The Labute approximate surface area is 206 Å². The molecule has 1 aromatic rings. The zero-order chi connectivity index (χ0) is 27.4. The van der Waals surface area contributed by atoms with Crippen molar-refractivity contribution in [3.8, 4) is 0 Å². The number of fused-ring (bicyclic) bond motifs is 1. The molecule has 36 heavy (non-hydrogen) atoms. The number of carbonyl (C=O) groups excluding carboxylic acids is 1. The molecule has 0 saturated carbocycles. The second kappa shape index (κ2) is 9.41. The van der Waals surface area contributed by atoms with E-state index in [1.54, 1.807) is 13.8 Å². The quantitative estimate of drug-likeness (QED) is 0.436. The molecule has 2 N–H and O–H groups in total. The Morgan fingerprint density at radius 1 is 1.03 bits per heavy atom. The van der Waals surface area contributed by atoms with Gasteiger partial charge in [0.15, 0.2) is 11.9 Å². The molecule has 3 rings (SSSR count). The zero-order valence-electron chi connectivity index (χ0n) is 17.9. The fraction of sp³-hybridized carbons (Fsp3) is 0.421. The Balaban J connectivity index is 2.25. The molecule has 0 saturated heterocycles. The third-order valence-corrected chi connectivity index (χ3v) is 5.25. The standard InChI is InChI=1S/C19H14Cl2F9N5O/c1-6(2)3-10(36)31-15-11-13(18(25,26)27)32-16(19(28,29)30)33-14(11)34-35(15)12-8(20)4-7(5-9(12)21)17(22,23)24/h4-6,14,34H,3H2,1-2H3,(H,31,36). The summed E-state index contributed by atoms with van der Waals surface area (Å²) in [6, 6.07) is 0.821. The van der Waals surface area contributed by atoms with Crippen molar-refractivity contribution in [3.63, 3.8) is 0 Å². The predicted octanol–water partition coefficient (Wildman–Crippen LogP) is 6.01. The maximum atomic E-state index is 13.8. The highest BCUT2D eigenvalue weighted by molar-refractivity contribution is 6.39. The molecule has 0 radical (unpaired) electrons. The van der Waals surface area contributed by atoms with Gasteiger partial charge in [0.25, 0.3) is 0 Å². The minimum Gasteiger partial charge on any atom is -0.311 e. The molecule has 2 aliphatic heterocycles. The summed E-state index contributed by atoms with van der Waals surface area (Å²) in [7, 11) is 0. The van der Waals surface area contributed by atoms with Crippen molar-refractivity contribution in [1.82, 2.24) is 10.7 Å². The van der Waals surface area contributed by atoms with Gasteiger partial charge in [-0.25, -0.2) is 9.98 Å². The van der Waals surface area contributed by atoms with E-state index in [4.69, 9.17) is 23.2 Å². The van der Waals surface area contributed by atoms with Crippen molar-refractivity contribution in [2.24, 2.45) is 15.9 Å². The van der Waals surface area contributed by atoms with Gasteiger partial charge < -0.3 is 5.32 Å². The highest BCUT2D eigenvalue weighted by atomic mass is 35.5. The molecule has 1 unspecified atom stereocenters. The first-order valence-corrected chi connectivity index (χ1v) is 10.5. The average Bonchev–Trinajstić information content (AvgIpc) is 3.01. The second-order valence-electron chi connectivity index (χ2n) is 7.97. The van der Waals surface area contributed by atoms with Crippen molar-refractivity contribution in [3.05, 3.63) is 39.1 Å². The maximum absolute atomic E-state index is 13.8. The summed E-state index contributed by atoms with van der Waals surface area (Å²) >= 11 is 11.9. The molecular formula is C19H14Cl2F9N5O. The Bertz CT molecular complexity index is 1150. The van der Waals surface area contributed by atoms with Crippen LogP contribution in [0.25, 0.3) is 0 Å². The third-order valence-electron chi connectivity index (χ3n) is 4.67.